The van der Waals surface area contributed by atoms with Crippen LogP contribution in [0.2, 0.25) is 5.02 Å². The molecule has 0 saturated carbocycles. The molecule has 0 atom stereocenters. The second kappa shape index (κ2) is 7.57. The minimum Gasteiger partial charge on any atom is -0.497 e. The molecular formula is C17H19ClN4O3. The van der Waals surface area contributed by atoms with Crippen LogP contribution in [0.1, 0.15) is 10.4 Å². The molecule has 0 N–H and O–H groups in total. The quantitative estimate of drug-likeness (QED) is 0.827. The van der Waals surface area contributed by atoms with Crippen molar-refractivity contribution in [2.24, 2.45) is 0 Å². The molecule has 7 nitrogen and oxygen atoms in total. The Bertz CT molecular complexity index is 752. The largest absolute Gasteiger partial charge is 0.497 e. The third kappa shape index (κ3) is 4.11. The van der Waals surface area contributed by atoms with Gasteiger partial charge in [-0.1, -0.05) is 11.6 Å². The molecule has 8 heteroatoms. The zero-order chi connectivity index (χ0) is 17.8. The van der Waals surface area contributed by atoms with E-state index in [-0.39, 0.29) is 18.4 Å². The molecule has 1 aromatic heterocycles. The summed E-state index contributed by atoms with van der Waals surface area (Å²) < 4.78 is 6.61. The minimum absolute atomic E-state index is 0.0312. The van der Waals surface area contributed by atoms with Crippen LogP contribution in [-0.4, -0.2) is 64.7 Å². The fraction of sp³-hybridized carbons (Fsp3) is 0.353. The van der Waals surface area contributed by atoms with Gasteiger partial charge >= 0.3 is 0 Å². The van der Waals surface area contributed by atoms with Gasteiger partial charge in [-0.2, -0.15) is 5.10 Å². The highest BCUT2D eigenvalue weighted by molar-refractivity contribution is 6.30. The molecule has 132 valence electrons. The smallest absolute Gasteiger partial charge is 0.253 e. The first-order valence-electron chi connectivity index (χ1n) is 7.96. The van der Waals surface area contributed by atoms with E-state index in [1.54, 1.807) is 47.4 Å². The van der Waals surface area contributed by atoms with Crippen LogP contribution >= 0.6 is 11.6 Å². The average molecular weight is 363 g/mol. The van der Waals surface area contributed by atoms with Gasteiger partial charge in [0.1, 0.15) is 12.3 Å². The van der Waals surface area contributed by atoms with Crippen LogP contribution in [0.15, 0.2) is 36.7 Å². The van der Waals surface area contributed by atoms with Gasteiger partial charge in [-0.05, 0) is 24.3 Å². The average Bonchev–Trinajstić information content (AvgIpc) is 3.06. The molecule has 3 rings (SSSR count). The lowest BCUT2D eigenvalue weighted by Crippen LogP contribution is -2.51. The number of benzene rings is 1. The van der Waals surface area contributed by atoms with Gasteiger partial charge in [-0.3, -0.25) is 14.3 Å². The van der Waals surface area contributed by atoms with E-state index in [0.717, 1.165) is 0 Å². The van der Waals surface area contributed by atoms with Gasteiger partial charge < -0.3 is 14.5 Å². The summed E-state index contributed by atoms with van der Waals surface area (Å²) in [5, 5.41) is 4.51. The summed E-state index contributed by atoms with van der Waals surface area (Å²) in [6.45, 7) is 2.19. The molecule has 0 radical (unpaired) electrons. The summed E-state index contributed by atoms with van der Waals surface area (Å²) in [4.78, 5) is 28.3. The lowest BCUT2D eigenvalue weighted by molar-refractivity contribution is -0.133. The second-order valence-electron chi connectivity index (χ2n) is 5.76. The van der Waals surface area contributed by atoms with E-state index in [1.165, 1.54) is 10.9 Å². The molecule has 1 saturated heterocycles. The Morgan fingerprint density at radius 3 is 2.32 bits per heavy atom. The first-order valence-corrected chi connectivity index (χ1v) is 8.33. The highest BCUT2D eigenvalue weighted by Crippen LogP contribution is 2.14. The van der Waals surface area contributed by atoms with Gasteiger partial charge in [0.2, 0.25) is 5.91 Å². The molecule has 1 fully saturated rings. The summed E-state index contributed by atoms with van der Waals surface area (Å²) in [5.74, 6) is 0.649. The zero-order valence-electron chi connectivity index (χ0n) is 13.9. The first-order chi connectivity index (χ1) is 12.1. The van der Waals surface area contributed by atoms with E-state index in [1.807, 2.05) is 0 Å². The van der Waals surface area contributed by atoms with Crippen LogP contribution < -0.4 is 4.74 Å². The number of halogens is 1. The summed E-state index contributed by atoms with van der Waals surface area (Å²) >= 11 is 5.80. The Morgan fingerprint density at radius 2 is 1.76 bits per heavy atom. The monoisotopic (exact) mass is 362 g/mol. The Kier molecular flexibility index (Phi) is 5.23. The number of ether oxygens (including phenoxy) is 1. The number of carbonyl (C=O) groups is 2. The van der Waals surface area contributed by atoms with Crippen LogP contribution in [0.25, 0.3) is 0 Å². The number of piperazine rings is 1. The van der Waals surface area contributed by atoms with Gasteiger partial charge in [0.15, 0.2) is 0 Å². The maximum absolute atomic E-state index is 12.5. The van der Waals surface area contributed by atoms with Crippen molar-refractivity contribution in [2.75, 3.05) is 33.3 Å². The van der Waals surface area contributed by atoms with Crippen LogP contribution in [0.5, 0.6) is 5.75 Å². The number of aromatic nitrogens is 2. The second-order valence-corrected chi connectivity index (χ2v) is 6.19. The predicted molar refractivity (Wildman–Crippen MR) is 92.7 cm³/mol. The third-order valence-electron chi connectivity index (χ3n) is 4.16. The van der Waals surface area contributed by atoms with Crippen molar-refractivity contribution in [1.82, 2.24) is 19.6 Å². The SMILES string of the molecule is COc1ccc(C(=O)N2CCN(C(=O)Cn3cc(Cl)cn3)CC2)cc1. The van der Waals surface area contributed by atoms with Crippen LogP contribution in [0, 0.1) is 0 Å². The molecular weight excluding hydrogens is 344 g/mol. The van der Waals surface area contributed by atoms with Gasteiger partial charge in [0.05, 0.1) is 18.3 Å². The number of methoxy groups -OCH3 is 1. The molecule has 0 bridgehead atoms. The van der Waals surface area contributed by atoms with Crippen molar-refractivity contribution < 1.29 is 14.3 Å². The fourth-order valence-corrected chi connectivity index (χ4v) is 2.89. The number of amides is 2. The molecule has 0 spiro atoms. The van der Waals surface area contributed by atoms with E-state index in [0.29, 0.717) is 42.5 Å². The van der Waals surface area contributed by atoms with E-state index in [9.17, 15) is 9.59 Å². The molecule has 1 aromatic carbocycles. The summed E-state index contributed by atoms with van der Waals surface area (Å²) in [7, 11) is 1.59. The van der Waals surface area contributed by atoms with E-state index in [2.05, 4.69) is 5.10 Å². The van der Waals surface area contributed by atoms with Crippen LogP contribution in [-0.2, 0) is 11.3 Å². The third-order valence-corrected chi connectivity index (χ3v) is 4.35. The Balaban J connectivity index is 1.53. The lowest BCUT2D eigenvalue weighted by atomic mass is 10.1. The van der Waals surface area contributed by atoms with Gasteiger partial charge in [0.25, 0.3) is 5.91 Å². The van der Waals surface area contributed by atoms with E-state index < -0.39 is 0 Å². The van der Waals surface area contributed by atoms with Crippen LogP contribution in [0.4, 0.5) is 0 Å². The standard InChI is InChI=1S/C17H19ClN4O3/c1-25-15-4-2-13(3-5-15)17(24)21-8-6-20(7-9-21)16(23)12-22-11-14(18)10-19-22/h2-5,10-11H,6-9,12H2,1H3. The van der Waals surface area contributed by atoms with Crippen molar-refractivity contribution in [2.45, 2.75) is 6.54 Å². The maximum Gasteiger partial charge on any atom is 0.253 e. The van der Waals surface area contributed by atoms with Crippen molar-refractivity contribution in [3.63, 3.8) is 0 Å². The Morgan fingerprint density at radius 1 is 1.12 bits per heavy atom. The van der Waals surface area contributed by atoms with Crippen molar-refractivity contribution in [3.8, 4) is 5.75 Å². The van der Waals surface area contributed by atoms with Gasteiger partial charge in [0, 0.05) is 37.9 Å². The molecule has 25 heavy (non-hydrogen) atoms. The topological polar surface area (TPSA) is 67.7 Å². The van der Waals surface area contributed by atoms with Crippen molar-refractivity contribution in [3.05, 3.63) is 47.2 Å². The maximum atomic E-state index is 12.5. The minimum atomic E-state index is -0.0337. The number of rotatable bonds is 4. The Labute approximate surface area is 150 Å². The highest BCUT2D eigenvalue weighted by Gasteiger charge is 2.25. The van der Waals surface area contributed by atoms with Crippen molar-refractivity contribution in [1.29, 1.82) is 0 Å². The lowest BCUT2D eigenvalue weighted by Gasteiger charge is -2.34. The molecule has 1 aliphatic heterocycles. The molecule has 2 amide bonds. The molecule has 2 heterocycles. The van der Waals surface area contributed by atoms with E-state index >= 15 is 0 Å². The number of nitrogens with zero attached hydrogens (tertiary/aromatic N) is 4. The zero-order valence-corrected chi connectivity index (χ0v) is 14.6. The summed E-state index contributed by atoms with van der Waals surface area (Å²) in [6, 6.07) is 7.03. The van der Waals surface area contributed by atoms with Crippen LogP contribution in [0.3, 0.4) is 0 Å². The number of hydrogen-bond donors (Lipinski definition) is 0. The van der Waals surface area contributed by atoms with Crippen molar-refractivity contribution >= 4 is 23.4 Å². The summed E-state index contributed by atoms with van der Waals surface area (Å²) in [5.41, 5.74) is 0.617. The molecule has 0 unspecified atom stereocenters. The van der Waals surface area contributed by atoms with Gasteiger partial charge in [-0.15, -0.1) is 0 Å². The molecule has 0 aliphatic carbocycles. The van der Waals surface area contributed by atoms with E-state index in [4.69, 9.17) is 16.3 Å². The number of hydrogen-bond acceptors (Lipinski definition) is 4. The molecule has 2 aromatic rings. The Hall–Kier alpha value is -2.54. The fourth-order valence-electron chi connectivity index (χ4n) is 2.74. The molecule has 1 aliphatic rings. The highest BCUT2D eigenvalue weighted by atomic mass is 35.5. The first kappa shape index (κ1) is 17.3. The predicted octanol–water partition coefficient (Wildman–Crippen LogP) is 1.53. The number of carbonyl (C=O) groups excluding carboxylic acids is 2. The summed E-state index contributed by atoms with van der Waals surface area (Å²) in [6.07, 6.45) is 3.11. The normalized spacial score (nSPS) is 14.5. The van der Waals surface area contributed by atoms with Gasteiger partial charge in [-0.25, -0.2) is 0 Å².